The lowest BCUT2D eigenvalue weighted by Crippen LogP contribution is -2.41. The van der Waals surface area contributed by atoms with Gasteiger partial charge in [-0.1, -0.05) is 43.0 Å². The number of nitrogens with one attached hydrogen (secondary N) is 2. The lowest BCUT2D eigenvalue weighted by molar-refractivity contribution is -0.688. The number of para-hydroxylation sites is 1. The highest BCUT2D eigenvalue weighted by Gasteiger charge is 2.21. The van der Waals surface area contributed by atoms with Crippen molar-refractivity contribution in [2.45, 2.75) is 26.4 Å². The van der Waals surface area contributed by atoms with Gasteiger partial charge >= 0.3 is 14.8 Å². The smallest absolute Gasteiger partial charge is 0.537 e. The average Bonchev–Trinajstić information content (AvgIpc) is 3.02. The van der Waals surface area contributed by atoms with Gasteiger partial charge in [0.2, 0.25) is 5.91 Å². The lowest BCUT2D eigenvalue weighted by Gasteiger charge is -2.10. The second kappa shape index (κ2) is 15.6. The van der Waals surface area contributed by atoms with E-state index in [1.807, 2.05) is 70.2 Å². The van der Waals surface area contributed by atoms with E-state index in [4.69, 9.17) is 9.68 Å². The van der Waals surface area contributed by atoms with E-state index in [-0.39, 0.29) is 11.8 Å². The molecule has 2 heterocycles. The molecule has 2 aromatic carbocycles. The summed E-state index contributed by atoms with van der Waals surface area (Å²) in [6, 6.07) is 20.1. The third-order valence-corrected chi connectivity index (χ3v) is 6.91. The second-order valence-corrected chi connectivity index (χ2v) is 10.3. The van der Waals surface area contributed by atoms with Gasteiger partial charge in [0, 0.05) is 41.9 Å². The van der Waals surface area contributed by atoms with Crippen molar-refractivity contribution in [2.24, 2.45) is 0 Å². The maximum Gasteiger partial charge on any atom is 0.569 e. The van der Waals surface area contributed by atoms with Crippen LogP contribution in [-0.4, -0.2) is 54.8 Å². The van der Waals surface area contributed by atoms with Gasteiger partial charge in [0.25, 0.3) is 5.91 Å². The molecule has 1 radical (unpaired) electrons. The predicted octanol–water partition coefficient (Wildman–Crippen LogP) is 0.423. The van der Waals surface area contributed by atoms with E-state index in [1.165, 1.54) is 0 Å². The van der Waals surface area contributed by atoms with Crippen LogP contribution in [0.1, 0.15) is 34.8 Å². The van der Waals surface area contributed by atoms with Crippen molar-refractivity contribution in [3.8, 4) is 16.9 Å². The zero-order valence-electron chi connectivity index (χ0n) is 24.5. The minimum atomic E-state index is -1.63. The molecule has 0 bridgehead atoms. The van der Waals surface area contributed by atoms with E-state index in [1.54, 1.807) is 37.4 Å². The number of amides is 2. The minimum absolute atomic E-state index is 0.219. The molecule has 0 saturated carbocycles. The highest BCUT2D eigenvalue weighted by Crippen LogP contribution is 2.20. The summed E-state index contributed by atoms with van der Waals surface area (Å²) in [5, 5.41) is 34.5. The maximum absolute atomic E-state index is 13.2. The number of nitrogens with zero attached hydrogens (tertiary/aromatic N) is 2. The van der Waals surface area contributed by atoms with Crippen LogP contribution in [0.25, 0.3) is 11.1 Å². The summed E-state index contributed by atoms with van der Waals surface area (Å²) in [5.74, 6) is 0.0622. The lowest BCUT2D eigenvalue weighted by atomic mass is 9.77. The molecule has 0 saturated heterocycles. The molecule has 12 heteroatoms. The van der Waals surface area contributed by atoms with Crippen LogP contribution in [-0.2, 0) is 17.9 Å². The first-order valence-corrected chi connectivity index (χ1v) is 14.1. The summed E-state index contributed by atoms with van der Waals surface area (Å²) in [4.78, 5) is 24.9. The van der Waals surface area contributed by atoms with E-state index >= 15 is 0 Å². The fraction of sp³-hybridized carbons (Fsp3) is 0.188. The average molecular weight is 593 g/mol. The van der Waals surface area contributed by atoms with Crippen LogP contribution in [0.15, 0.2) is 104 Å². The van der Waals surface area contributed by atoms with Gasteiger partial charge < -0.3 is 30.4 Å². The first-order chi connectivity index (χ1) is 21.2. The van der Waals surface area contributed by atoms with Gasteiger partial charge in [-0.25, -0.2) is 4.57 Å². The number of pyridine rings is 2. The number of aromatic nitrogens is 2. The molecular weight excluding hydrogens is 558 g/mol. The Kier molecular flexibility index (Phi) is 11.4. The summed E-state index contributed by atoms with van der Waals surface area (Å²) in [5.41, 5.74) is 4.49. The molecule has 5 N–H and O–H groups in total. The van der Waals surface area contributed by atoms with Crippen molar-refractivity contribution in [1.29, 1.82) is 0 Å². The van der Waals surface area contributed by atoms with E-state index in [0.717, 1.165) is 16.7 Å². The number of benzene rings is 2. The molecule has 2 aromatic heterocycles. The third-order valence-electron chi connectivity index (χ3n) is 6.91. The van der Waals surface area contributed by atoms with Crippen LogP contribution < -0.4 is 29.9 Å². The van der Waals surface area contributed by atoms with Crippen molar-refractivity contribution < 1.29 is 38.4 Å². The second-order valence-electron chi connectivity index (χ2n) is 10.3. The van der Waals surface area contributed by atoms with E-state index in [9.17, 15) is 19.6 Å². The van der Waals surface area contributed by atoms with Gasteiger partial charge in [0.05, 0.1) is 5.56 Å². The molecule has 10 nitrogen and oxygen atoms in total. The van der Waals surface area contributed by atoms with Crippen molar-refractivity contribution in [3.63, 3.8) is 0 Å². The topological polar surface area (TPSA) is 136 Å². The van der Waals surface area contributed by atoms with Crippen LogP contribution in [0.5, 0.6) is 5.75 Å². The number of hydrogen-bond acceptors (Lipinski definition) is 6. The summed E-state index contributed by atoms with van der Waals surface area (Å²) in [7, 11) is -0.967. The number of hydrogen-bond donors (Lipinski definition) is 5. The number of carbonyl (C=O) groups is 2. The van der Waals surface area contributed by atoms with Crippen LogP contribution in [0, 0.1) is 0 Å². The number of carbonyl (C=O) groups excluding carboxylic acids is 2. The zero-order chi connectivity index (χ0) is 31.5. The molecular formula is C32H35B2N4O6+2. The summed E-state index contributed by atoms with van der Waals surface area (Å²) >= 11 is 0. The molecule has 0 unspecified atom stereocenters. The molecule has 0 atom stereocenters. The monoisotopic (exact) mass is 593 g/mol. The Morgan fingerprint density at radius 3 is 2.25 bits per heavy atom. The molecule has 4 aromatic rings. The molecule has 44 heavy (non-hydrogen) atoms. The van der Waals surface area contributed by atoms with Gasteiger partial charge in [0.15, 0.2) is 37.9 Å². The van der Waals surface area contributed by atoms with Crippen LogP contribution in [0.3, 0.4) is 0 Å². The highest BCUT2D eigenvalue weighted by atomic mass is 16.5. The van der Waals surface area contributed by atoms with E-state index in [0.29, 0.717) is 68.2 Å². The quantitative estimate of drug-likeness (QED) is 0.0623. The van der Waals surface area contributed by atoms with Gasteiger partial charge in [-0.05, 0) is 42.6 Å². The van der Waals surface area contributed by atoms with E-state index in [2.05, 4.69) is 17.2 Å². The molecule has 4 rings (SSSR count). The first-order valence-electron chi connectivity index (χ1n) is 14.1. The van der Waals surface area contributed by atoms with Crippen LogP contribution in [0.4, 0.5) is 0 Å². The molecule has 2 amide bonds. The van der Waals surface area contributed by atoms with E-state index < -0.39 is 7.12 Å². The fourth-order valence-corrected chi connectivity index (χ4v) is 4.64. The Balaban J connectivity index is 1.57. The van der Waals surface area contributed by atoms with Gasteiger partial charge in [0.1, 0.15) is 11.3 Å². The zero-order valence-corrected chi connectivity index (χ0v) is 24.5. The molecule has 0 spiro atoms. The Morgan fingerprint density at radius 2 is 1.55 bits per heavy atom. The Labute approximate surface area is 257 Å². The minimum Gasteiger partial charge on any atom is -0.537 e. The summed E-state index contributed by atoms with van der Waals surface area (Å²) < 4.78 is 9.02. The molecule has 0 aliphatic heterocycles. The highest BCUT2D eigenvalue weighted by molar-refractivity contribution is 6.59. The summed E-state index contributed by atoms with van der Waals surface area (Å²) in [6.07, 6.45) is 8.02. The normalized spacial score (nSPS) is 10.5. The molecule has 0 aliphatic carbocycles. The molecule has 223 valence electrons. The van der Waals surface area contributed by atoms with Crippen molar-refractivity contribution >= 4 is 32.1 Å². The fourth-order valence-electron chi connectivity index (χ4n) is 4.64. The standard InChI is InChI=1S/C32H33B2N4O6/c1-23(2)31(39)35-14-7-15-36-32(40)28-18-27(21-38(22-28)19-25-8-3-5-10-29(25)34(42)43)24-12-16-37(17-13-24)20-26-9-4-6-11-30(26)44-33-41/h3-6,8-13,16-18,21-22,41-43H,1,7,14-15,19-20H2,2H3/p+2. The maximum atomic E-state index is 13.2. The van der Waals surface area contributed by atoms with Crippen LogP contribution >= 0.6 is 0 Å². The Bertz CT molecular complexity index is 1610. The first kappa shape index (κ1) is 32.2. The molecule has 0 fully saturated rings. The van der Waals surface area contributed by atoms with Gasteiger partial charge in [-0.15, -0.1) is 0 Å². The van der Waals surface area contributed by atoms with Crippen molar-refractivity contribution in [3.05, 3.63) is 120 Å². The largest absolute Gasteiger partial charge is 0.569 e. The summed E-state index contributed by atoms with van der Waals surface area (Å²) in [6.45, 7) is 6.84. The van der Waals surface area contributed by atoms with Crippen molar-refractivity contribution in [2.75, 3.05) is 13.1 Å². The Hall–Kier alpha value is -4.77. The van der Waals surface area contributed by atoms with Crippen LogP contribution in [0.2, 0.25) is 0 Å². The Morgan fingerprint density at radius 1 is 0.886 bits per heavy atom. The van der Waals surface area contributed by atoms with Gasteiger partial charge in [-0.2, -0.15) is 4.57 Å². The number of rotatable bonds is 14. The predicted molar refractivity (Wildman–Crippen MR) is 167 cm³/mol. The van der Waals surface area contributed by atoms with Crippen molar-refractivity contribution in [1.82, 2.24) is 10.6 Å². The molecule has 0 aliphatic rings. The van der Waals surface area contributed by atoms with Gasteiger partial charge in [-0.3, -0.25) is 9.59 Å². The SMILES string of the molecule is C=C(C)C(=O)NCCCNC(=O)c1cc(-c2cc[n+](Cc3ccccc3O[B]O)cc2)c[n+](Cc2ccccc2B(O)O)c1. The third kappa shape index (κ3) is 8.87.